The van der Waals surface area contributed by atoms with E-state index in [2.05, 4.69) is 16.0 Å². The number of benzene rings is 1. The lowest BCUT2D eigenvalue weighted by atomic mass is 9.58. The molecular formula is C21H24N4O4. The minimum absolute atomic E-state index is 0.122. The van der Waals surface area contributed by atoms with Crippen molar-refractivity contribution in [3.05, 3.63) is 34.9 Å². The van der Waals surface area contributed by atoms with Gasteiger partial charge in [0.1, 0.15) is 6.04 Å². The molecule has 0 radical (unpaired) electrons. The molecule has 1 spiro atoms. The Kier molecular flexibility index (Phi) is 4.29. The molecule has 1 aliphatic carbocycles. The van der Waals surface area contributed by atoms with Crippen molar-refractivity contribution in [2.24, 2.45) is 11.3 Å². The maximum absolute atomic E-state index is 13.1. The minimum atomic E-state index is -0.928. The average molecular weight is 396 g/mol. The number of rotatable bonds is 5. The average Bonchev–Trinajstić information content (AvgIpc) is 2.87. The van der Waals surface area contributed by atoms with E-state index >= 15 is 0 Å². The zero-order valence-electron chi connectivity index (χ0n) is 16.1. The number of hydrogen-bond acceptors (Lipinski definition) is 6. The highest BCUT2D eigenvalue weighted by Gasteiger charge is 2.48. The van der Waals surface area contributed by atoms with E-state index in [1.807, 2.05) is 6.07 Å². The van der Waals surface area contributed by atoms with Crippen LogP contribution in [0, 0.1) is 11.3 Å². The lowest BCUT2D eigenvalue weighted by Gasteiger charge is -2.54. The monoisotopic (exact) mass is 396 g/mol. The van der Waals surface area contributed by atoms with Crippen LogP contribution in [0.15, 0.2) is 18.2 Å². The number of piperidine rings is 1. The third-order valence-corrected chi connectivity index (χ3v) is 6.75. The molecular weight excluding hydrogens is 372 g/mol. The molecule has 1 atom stereocenters. The van der Waals surface area contributed by atoms with Gasteiger partial charge < -0.3 is 10.6 Å². The summed E-state index contributed by atoms with van der Waals surface area (Å²) in [4.78, 5) is 50.5. The van der Waals surface area contributed by atoms with Crippen LogP contribution >= 0.6 is 0 Å². The van der Waals surface area contributed by atoms with Crippen molar-refractivity contribution in [1.82, 2.24) is 20.9 Å². The van der Waals surface area contributed by atoms with Crippen molar-refractivity contribution in [1.29, 1.82) is 0 Å². The summed E-state index contributed by atoms with van der Waals surface area (Å²) in [6, 6.07) is 4.32. The molecule has 2 saturated heterocycles. The zero-order valence-corrected chi connectivity index (χ0v) is 16.1. The van der Waals surface area contributed by atoms with Crippen LogP contribution in [0.3, 0.4) is 0 Å². The summed E-state index contributed by atoms with van der Waals surface area (Å²) in [7, 11) is 0. The fourth-order valence-corrected chi connectivity index (χ4v) is 5.22. The van der Waals surface area contributed by atoms with Crippen LogP contribution in [0.4, 0.5) is 0 Å². The van der Waals surface area contributed by atoms with Gasteiger partial charge in [-0.15, -0.1) is 0 Å². The van der Waals surface area contributed by atoms with Crippen molar-refractivity contribution < 1.29 is 19.2 Å². The predicted molar refractivity (Wildman–Crippen MR) is 103 cm³/mol. The first-order valence-electron chi connectivity index (χ1n) is 10.2. The lowest BCUT2D eigenvalue weighted by Crippen LogP contribution is -2.61. The van der Waals surface area contributed by atoms with Crippen molar-refractivity contribution in [3.63, 3.8) is 0 Å². The second-order valence-corrected chi connectivity index (χ2v) is 8.80. The largest absolute Gasteiger partial charge is 0.316 e. The lowest BCUT2D eigenvalue weighted by molar-refractivity contribution is -0.136. The summed E-state index contributed by atoms with van der Waals surface area (Å²) in [6.07, 6.45) is 2.76. The van der Waals surface area contributed by atoms with E-state index in [4.69, 9.17) is 0 Å². The highest BCUT2D eigenvalue weighted by Crippen LogP contribution is 2.47. The normalized spacial score (nSPS) is 25.7. The Morgan fingerprint density at radius 3 is 2.59 bits per heavy atom. The molecule has 3 fully saturated rings. The number of carbonyl (C=O) groups is 4. The third-order valence-electron chi connectivity index (χ3n) is 6.75. The SMILES string of the molecule is O=C1CCC(N2C(=O)c3cccc(CNCC4CC5(CNC5)C4)c3C2=O)C(=O)N1. The summed E-state index contributed by atoms with van der Waals surface area (Å²) < 4.78 is 0. The summed E-state index contributed by atoms with van der Waals surface area (Å²) in [5.41, 5.74) is 2.02. The molecule has 4 aliphatic rings. The number of nitrogens with one attached hydrogen (secondary N) is 3. The van der Waals surface area contributed by atoms with Gasteiger partial charge in [0, 0.05) is 26.1 Å². The maximum Gasteiger partial charge on any atom is 0.262 e. The first-order chi connectivity index (χ1) is 14.0. The molecule has 0 bridgehead atoms. The van der Waals surface area contributed by atoms with Gasteiger partial charge in [-0.3, -0.25) is 29.4 Å². The number of hydrogen-bond donors (Lipinski definition) is 3. The number of fused-ring (bicyclic) bond motifs is 1. The molecule has 1 unspecified atom stereocenters. The Morgan fingerprint density at radius 2 is 1.90 bits per heavy atom. The molecule has 1 aromatic carbocycles. The molecule has 1 saturated carbocycles. The van der Waals surface area contributed by atoms with Gasteiger partial charge in [-0.25, -0.2) is 0 Å². The molecule has 8 heteroatoms. The number of nitrogens with zero attached hydrogens (tertiary/aromatic N) is 1. The number of amides is 4. The van der Waals surface area contributed by atoms with E-state index in [0.717, 1.165) is 30.1 Å². The van der Waals surface area contributed by atoms with Crippen molar-refractivity contribution in [3.8, 4) is 0 Å². The van der Waals surface area contributed by atoms with Gasteiger partial charge in [-0.05, 0) is 48.8 Å². The Hall–Kier alpha value is -2.58. The maximum atomic E-state index is 13.1. The van der Waals surface area contributed by atoms with Gasteiger partial charge >= 0.3 is 0 Å². The molecule has 3 N–H and O–H groups in total. The number of carbonyl (C=O) groups excluding carboxylic acids is 4. The Bertz CT molecular complexity index is 915. The number of imide groups is 2. The fraction of sp³-hybridized carbons (Fsp3) is 0.524. The zero-order chi connectivity index (χ0) is 20.2. The molecule has 3 aliphatic heterocycles. The van der Waals surface area contributed by atoms with Gasteiger partial charge in [0.05, 0.1) is 11.1 Å². The molecule has 4 amide bonds. The Morgan fingerprint density at radius 1 is 1.10 bits per heavy atom. The Labute approximate surface area is 168 Å². The molecule has 0 aromatic heterocycles. The van der Waals surface area contributed by atoms with E-state index in [1.165, 1.54) is 12.8 Å². The summed E-state index contributed by atoms with van der Waals surface area (Å²) in [5.74, 6) is -1.20. The summed E-state index contributed by atoms with van der Waals surface area (Å²) in [6.45, 7) is 3.66. The third kappa shape index (κ3) is 2.98. The van der Waals surface area contributed by atoms with Crippen molar-refractivity contribution >= 4 is 23.6 Å². The highest BCUT2D eigenvalue weighted by molar-refractivity contribution is 6.24. The van der Waals surface area contributed by atoms with E-state index < -0.39 is 23.8 Å². The van der Waals surface area contributed by atoms with Gasteiger partial charge in [-0.2, -0.15) is 0 Å². The second-order valence-electron chi connectivity index (χ2n) is 8.80. The minimum Gasteiger partial charge on any atom is -0.316 e. The summed E-state index contributed by atoms with van der Waals surface area (Å²) >= 11 is 0. The van der Waals surface area contributed by atoms with E-state index in [1.54, 1.807) is 12.1 Å². The molecule has 1 aromatic rings. The quantitative estimate of drug-likeness (QED) is 0.613. The predicted octanol–water partition coefficient (Wildman–Crippen LogP) is 0.177. The first kappa shape index (κ1) is 18.4. The van der Waals surface area contributed by atoms with E-state index in [-0.39, 0.29) is 18.7 Å². The van der Waals surface area contributed by atoms with Gasteiger partial charge in [0.15, 0.2) is 0 Å². The van der Waals surface area contributed by atoms with E-state index in [0.29, 0.717) is 29.0 Å². The highest BCUT2D eigenvalue weighted by atomic mass is 16.2. The smallest absolute Gasteiger partial charge is 0.262 e. The van der Waals surface area contributed by atoms with Crippen LogP contribution in [0.1, 0.15) is 52.0 Å². The molecule has 152 valence electrons. The fourth-order valence-electron chi connectivity index (χ4n) is 5.22. The molecule has 29 heavy (non-hydrogen) atoms. The summed E-state index contributed by atoms with van der Waals surface area (Å²) in [5, 5.41) is 9.00. The van der Waals surface area contributed by atoms with Gasteiger partial charge in [0.25, 0.3) is 11.8 Å². The molecule has 8 nitrogen and oxygen atoms in total. The van der Waals surface area contributed by atoms with Gasteiger partial charge in [-0.1, -0.05) is 12.1 Å². The van der Waals surface area contributed by atoms with Crippen LogP contribution in [-0.2, 0) is 16.1 Å². The van der Waals surface area contributed by atoms with Crippen LogP contribution in [0.5, 0.6) is 0 Å². The van der Waals surface area contributed by atoms with Crippen molar-refractivity contribution in [2.75, 3.05) is 19.6 Å². The standard InChI is InChI=1S/C21H24N4O4/c26-16-5-4-15(18(27)24-16)25-19(28)14-3-1-2-13(17(14)20(25)29)9-22-8-12-6-21(7-12)10-23-11-21/h1-3,12,15,22-23H,4-11H2,(H,24,26,27). The van der Waals surface area contributed by atoms with Crippen LogP contribution in [0.2, 0.25) is 0 Å². The first-order valence-corrected chi connectivity index (χ1v) is 10.2. The van der Waals surface area contributed by atoms with E-state index in [9.17, 15) is 19.2 Å². The van der Waals surface area contributed by atoms with Crippen LogP contribution in [-0.4, -0.2) is 54.2 Å². The Balaban J connectivity index is 1.27. The van der Waals surface area contributed by atoms with Crippen LogP contribution < -0.4 is 16.0 Å². The van der Waals surface area contributed by atoms with Crippen LogP contribution in [0.25, 0.3) is 0 Å². The topological polar surface area (TPSA) is 108 Å². The second kappa shape index (κ2) is 6.74. The van der Waals surface area contributed by atoms with Gasteiger partial charge in [0.2, 0.25) is 11.8 Å². The van der Waals surface area contributed by atoms with Crippen molar-refractivity contribution in [2.45, 2.75) is 38.3 Å². The molecule has 3 heterocycles. The molecule has 5 rings (SSSR count).